The molecule has 0 N–H and O–H groups in total. The Morgan fingerprint density at radius 3 is 2.71 bits per heavy atom. The molecule has 5 nitrogen and oxygen atoms in total. The number of hydrogen-bond acceptors (Lipinski definition) is 3. The second-order valence-electron chi connectivity index (χ2n) is 4.77. The van der Waals surface area contributed by atoms with Crippen molar-refractivity contribution in [2.24, 2.45) is 5.92 Å². The SMILES string of the molecule is C[C@H](C#N)CN(C)S(=O)(=O)N1CCCC[C@H]1C. The van der Waals surface area contributed by atoms with Gasteiger partial charge in [-0.05, 0) is 26.7 Å². The van der Waals surface area contributed by atoms with E-state index in [1.54, 1.807) is 18.3 Å². The molecule has 1 aliphatic heterocycles. The lowest BCUT2D eigenvalue weighted by Crippen LogP contribution is -2.49. The molecule has 0 spiro atoms. The van der Waals surface area contributed by atoms with Crippen LogP contribution in [0.15, 0.2) is 0 Å². The molecule has 98 valence electrons. The minimum absolute atomic E-state index is 0.0635. The maximum absolute atomic E-state index is 12.3. The number of nitrogens with zero attached hydrogens (tertiary/aromatic N) is 3. The standard InChI is InChI=1S/C11H21N3O2S/c1-10(8-12)9-13(3)17(15,16)14-7-5-4-6-11(14)2/h10-11H,4-7,9H2,1-3H3/t10-,11-/m1/s1. The zero-order valence-corrected chi connectivity index (χ0v) is 11.6. The van der Waals surface area contributed by atoms with E-state index >= 15 is 0 Å². The van der Waals surface area contributed by atoms with Crippen LogP contribution in [0.4, 0.5) is 0 Å². The maximum Gasteiger partial charge on any atom is 0.282 e. The molecule has 0 amide bonds. The molecule has 1 rings (SSSR count). The van der Waals surface area contributed by atoms with Crippen LogP contribution in [0.1, 0.15) is 33.1 Å². The third kappa shape index (κ3) is 3.41. The highest BCUT2D eigenvalue weighted by Crippen LogP contribution is 2.21. The average molecular weight is 259 g/mol. The Kier molecular flexibility index (Phi) is 4.92. The molecular formula is C11H21N3O2S. The van der Waals surface area contributed by atoms with E-state index in [0.717, 1.165) is 19.3 Å². The first kappa shape index (κ1) is 14.4. The van der Waals surface area contributed by atoms with Gasteiger partial charge in [0.05, 0.1) is 12.0 Å². The van der Waals surface area contributed by atoms with E-state index < -0.39 is 10.2 Å². The van der Waals surface area contributed by atoms with Gasteiger partial charge in [-0.25, -0.2) is 0 Å². The van der Waals surface area contributed by atoms with Gasteiger partial charge in [-0.2, -0.15) is 22.3 Å². The van der Waals surface area contributed by atoms with Gasteiger partial charge in [0.1, 0.15) is 0 Å². The molecule has 0 bridgehead atoms. The van der Waals surface area contributed by atoms with Gasteiger partial charge < -0.3 is 0 Å². The van der Waals surface area contributed by atoms with Crippen molar-refractivity contribution >= 4 is 10.2 Å². The second-order valence-corrected chi connectivity index (χ2v) is 6.76. The predicted molar refractivity (Wildman–Crippen MR) is 66.3 cm³/mol. The molecular weight excluding hydrogens is 238 g/mol. The van der Waals surface area contributed by atoms with Crippen molar-refractivity contribution in [3.63, 3.8) is 0 Å². The zero-order chi connectivity index (χ0) is 13.1. The Morgan fingerprint density at radius 1 is 1.53 bits per heavy atom. The first-order valence-electron chi connectivity index (χ1n) is 6.02. The summed E-state index contributed by atoms with van der Waals surface area (Å²) in [6.07, 6.45) is 2.93. The van der Waals surface area contributed by atoms with Gasteiger partial charge in [0.15, 0.2) is 0 Å². The average Bonchev–Trinajstić information content (AvgIpc) is 2.29. The normalized spacial score (nSPS) is 24.5. The van der Waals surface area contributed by atoms with E-state index in [9.17, 15) is 8.42 Å². The van der Waals surface area contributed by atoms with Gasteiger partial charge in [-0.3, -0.25) is 0 Å². The lowest BCUT2D eigenvalue weighted by atomic mass is 10.1. The third-order valence-electron chi connectivity index (χ3n) is 3.18. The van der Waals surface area contributed by atoms with Crippen molar-refractivity contribution in [3.05, 3.63) is 0 Å². The fraction of sp³-hybridized carbons (Fsp3) is 0.909. The molecule has 0 unspecified atom stereocenters. The van der Waals surface area contributed by atoms with Crippen LogP contribution in [0.25, 0.3) is 0 Å². The summed E-state index contributed by atoms with van der Waals surface area (Å²) in [5.74, 6) is -0.283. The number of rotatable bonds is 4. The highest BCUT2D eigenvalue weighted by molar-refractivity contribution is 7.86. The summed E-state index contributed by atoms with van der Waals surface area (Å²) < 4.78 is 27.4. The largest absolute Gasteiger partial charge is 0.282 e. The summed E-state index contributed by atoms with van der Waals surface area (Å²) in [4.78, 5) is 0. The van der Waals surface area contributed by atoms with Crippen LogP contribution in [0, 0.1) is 17.2 Å². The molecule has 0 aromatic heterocycles. The number of hydrogen-bond donors (Lipinski definition) is 0. The van der Waals surface area contributed by atoms with Crippen LogP contribution < -0.4 is 0 Å². The fourth-order valence-electron chi connectivity index (χ4n) is 2.11. The molecule has 0 aromatic carbocycles. The van der Waals surface area contributed by atoms with Crippen molar-refractivity contribution in [2.45, 2.75) is 39.2 Å². The zero-order valence-electron chi connectivity index (χ0n) is 10.8. The minimum atomic E-state index is -3.40. The predicted octanol–water partition coefficient (Wildman–Crippen LogP) is 1.20. The monoisotopic (exact) mass is 259 g/mol. The molecule has 0 aromatic rings. The quantitative estimate of drug-likeness (QED) is 0.762. The summed E-state index contributed by atoms with van der Waals surface area (Å²) >= 11 is 0. The molecule has 0 saturated carbocycles. The van der Waals surface area contributed by atoms with Gasteiger partial charge in [0, 0.05) is 26.2 Å². The summed E-state index contributed by atoms with van der Waals surface area (Å²) in [6.45, 7) is 4.51. The van der Waals surface area contributed by atoms with Crippen molar-refractivity contribution in [2.75, 3.05) is 20.1 Å². The Bertz CT molecular complexity index is 388. The smallest absolute Gasteiger partial charge is 0.198 e. The van der Waals surface area contributed by atoms with Gasteiger partial charge in [-0.1, -0.05) is 6.42 Å². The maximum atomic E-state index is 12.3. The second kappa shape index (κ2) is 5.80. The van der Waals surface area contributed by atoms with Gasteiger partial charge in [0.25, 0.3) is 10.2 Å². The van der Waals surface area contributed by atoms with E-state index in [1.807, 2.05) is 6.92 Å². The summed E-state index contributed by atoms with van der Waals surface area (Å²) in [5.41, 5.74) is 0. The first-order chi connectivity index (χ1) is 7.89. The number of nitriles is 1. The molecule has 0 aliphatic carbocycles. The highest BCUT2D eigenvalue weighted by atomic mass is 32.2. The van der Waals surface area contributed by atoms with Gasteiger partial charge in [0.2, 0.25) is 0 Å². The lowest BCUT2D eigenvalue weighted by Gasteiger charge is -2.35. The molecule has 6 heteroatoms. The van der Waals surface area contributed by atoms with E-state index in [1.165, 1.54) is 4.31 Å². The van der Waals surface area contributed by atoms with Crippen molar-refractivity contribution < 1.29 is 8.42 Å². The van der Waals surface area contributed by atoms with Crippen molar-refractivity contribution in [3.8, 4) is 6.07 Å². The number of piperidine rings is 1. The molecule has 1 heterocycles. The Labute approximate surface area is 104 Å². The Hall–Kier alpha value is -0.640. The molecule has 1 saturated heterocycles. The molecule has 1 aliphatic rings. The Morgan fingerprint density at radius 2 is 2.18 bits per heavy atom. The van der Waals surface area contributed by atoms with Crippen molar-refractivity contribution in [1.29, 1.82) is 5.26 Å². The molecule has 17 heavy (non-hydrogen) atoms. The Balaban J connectivity index is 2.76. The fourth-order valence-corrected chi connectivity index (χ4v) is 3.80. The van der Waals surface area contributed by atoms with E-state index in [2.05, 4.69) is 6.07 Å². The molecule has 1 fully saturated rings. The molecule has 0 radical (unpaired) electrons. The van der Waals surface area contributed by atoms with Crippen LogP contribution in [0.3, 0.4) is 0 Å². The summed E-state index contributed by atoms with van der Waals surface area (Å²) in [7, 11) is -1.85. The van der Waals surface area contributed by atoms with Crippen molar-refractivity contribution in [1.82, 2.24) is 8.61 Å². The first-order valence-corrected chi connectivity index (χ1v) is 7.42. The van der Waals surface area contributed by atoms with E-state index in [-0.39, 0.29) is 18.5 Å². The van der Waals surface area contributed by atoms with Crippen LogP contribution in [-0.2, 0) is 10.2 Å². The van der Waals surface area contributed by atoms with E-state index in [4.69, 9.17) is 5.26 Å². The van der Waals surface area contributed by atoms with Gasteiger partial charge in [-0.15, -0.1) is 0 Å². The summed E-state index contributed by atoms with van der Waals surface area (Å²) in [6, 6.07) is 2.12. The van der Waals surface area contributed by atoms with E-state index in [0.29, 0.717) is 6.54 Å². The van der Waals surface area contributed by atoms with Crippen LogP contribution in [-0.4, -0.2) is 43.2 Å². The third-order valence-corrected chi connectivity index (χ3v) is 5.26. The van der Waals surface area contributed by atoms with Crippen LogP contribution in [0.5, 0.6) is 0 Å². The van der Waals surface area contributed by atoms with Crippen LogP contribution >= 0.6 is 0 Å². The minimum Gasteiger partial charge on any atom is -0.198 e. The summed E-state index contributed by atoms with van der Waals surface area (Å²) in [5, 5.41) is 8.73. The highest BCUT2D eigenvalue weighted by Gasteiger charge is 2.33. The molecule has 2 atom stereocenters. The lowest BCUT2D eigenvalue weighted by molar-refractivity contribution is 0.248. The topological polar surface area (TPSA) is 64.4 Å². The van der Waals surface area contributed by atoms with Gasteiger partial charge >= 0.3 is 0 Å². The van der Waals surface area contributed by atoms with Crippen LogP contribution in [0.2, 0.25) is 0 Å².